The van der Waals surface area contributed by atoms with Gasteiger partial charge in [-0.15, -0.1) is 0 Å². The number of hydrogen-bond acceptors (Lipinski definition) is 3. The van der Waals surface area contributed by atoms with Gasteiger partial charge in [-0.05, 0) is 19.8 Å². The lowest BCUT2D eigenvalue weighted by molar-refractivity contribution is -0.129. The van der Waals surface area contributed by atoms with Gasteiger partial charge in [-0.25, -0.2) is 5.48 Å². The molecule has 0 unspecified atom stereocenters. The van der Waals surface area contributed by atoms with E-state index in [4.69, 9.17) is 10.3 Å². The van der Waals surface area contributed by atoms with Gasteiger partial charge in [0.1, 0.15) is 0 Å². The summed E-state index contributed by atoms with van der Waals surface area (Å²) in [6.45, 7) is 1.71. The van der Waals surface area contributed by atoms with E-state index in [1.165, 1.54) is 0 Å². The lowest BCUT2D eigenvalue weighted by atomic mass is 10.1. The van der Waals surface area contributed by atoms with Crippen molar-refractivity contribution in [2.24, 2.45) is 0 Å². The number of unbranched alkanes of at least 4 members (excludes halogenated alkanes) is 1. The molecule has 0 aromatic carbocycles. The second-order valence-corrected chi connectivity index (χ2v) is 2.63. The highest BCUT2D eigenvalue weighted by molar-refractivity contribution is 5.74. The number of rotatable bonds is 5. The number of nitrogens with one attached hydrogen (secondary N) is 1. The molecule has 0 rings (SSSR count). The molecule has 1 atom stereocenters. The first-order valence-electron chi connectivity index (χ1n) is 3.78. The van der Waals surface area contributed by atoms with Crippen molar-refractivity contribution in [3.63, 3.8) is 0 Å². The van der Waals surface area contributed by atoms with Crippen molar-refractivity contribution in [3.05, 3.63) is 0 Å². The number of carbonyl (C=O) groups excluding carboxylic acids is 1. The number of aliphatic hydroxyl groups is 1. The number of carbonyl (C=O) groups is 1. The molecule has 0 radical (unpaired) electrons. The second-order valence-electron chi connectivity index (χ2n) is 2.63. The molecule has 0 aliphatic carbocycles. The third-order valence-electron chi connectivity index (χ3n) is 1.40. The summed E-state index contributed by atoms with van der Waals surface area (Å²) >= 11 is 0. The zero-order chi connectivity index (χ0) is 8.69. The van der Waals surface area contributed by atoms with Crippen LogP contribution in [0, 0.1) is 0 Å². The highest BCUT2D eigenvalue weighted by atomic mass is 16.5. The molecular formula is C7H15NO3. The maximum Gasteiger partial charge on any atom is 0.243 e. The zero-order valence-electron chi connectivity index (χ0n) is 6.71. The molecule has 0 aliphatic heterocycles. The van der Waals surface area contributed by atoms with Gasteiger partial charge in [0.2, 0.25) is 5.91 Å². The Kier molecular flexibility index (Phi) is 5.78. The molecule has 0 aromatic rings. The van der Waals surface area contributed by atoms with Crippen molar-refractivity contribution in [3.8, 4) is 0 Å². The normalized spacial score (nSPS) is 12.6. The fourth-order valence-corrected chi connectivity index (χ4v) is 0.781. The molecule has 0 aromatic heterocycles. The van der Waals surface area contributed by atoms with Crippen LogP contribution in [0.1, 0.15) is 32.6 Å². The van der Waals surface area contributed by atoms with Crippen LogP contribution in [0.5, 0.6) is 0 Å². The predicted molar refractivity (Wildman–Crippen MR) is 40.1 cm³/mol. The molecule has 0 bridgehead atoms. The topological polar surface area (TPSA) is 69.6 Å². The molecule has 11 heavy (non-hydrogen) atoms. The van der Waals surface area contributed by atoms with Crippen LogP contribution >= 0.6 is 0 Å². The minimum Gasteiger partial charge on any atom is -0.393 e. The van der Waals surface area contributed by atoms with Crippen LogP contribution in [0.2, 0.25) is 0 Å². The summed E-state index contributed by atoms with van der Waals surface area (Å²) in [5, 5.41) is 16.9. The van der Waals surface area contributed by atoms with Gasteiger partial charge in [0.15, 0.2) is 0 Å². The van der Waals surface area contributed by atoms with Crippen molar-refractivity contribution in [1.82, 2.24) is 5.48 Å². The van der Waals surface area contributed by atoms with Gasteiger partial charge in [-0.3, -0.25) is 10.0 Å². The monoisotopic (exact) mass is 161 g/mol. The summed E-state index contributed by atoms with van der Waals surface area (Å²) in [6, 6.07) is 0. The molecule has 1 amide bonds. The maximum atomic E-state index is 10.4. The molecule has 4 nitrogen and oxygen atoms in total. The van der Waals surface area contributed by atoms with Crippen molar-refractivity contribution in [2.45, 2.75) is 38.7 Å². The van der Waals surface area contributed by atoms with Gasteiger partial charge in [-0.1, -0.05) is 6.42 Å². The molecule has 0 aliphatic rings. The Morgan fingerprint density at radius 3 is 2.64 bits per heavy atom. The molecule has 0 saturated heterocycles. The Balaban J connectivity index is 3.08. The first-order valence-corrected chi connectivity index (χ1v) is 3.78. The summed E-state index contributed by atoms with van der Waals surface area (Å²) in [7, 11) is 0. The lowest BCUT2D eigenvalue weighted by Gasteiger charge is -2.02. The van der Waals surface area contributed by atoms with E-state index in [9.17, 15) is 4.79 Å². The fraction of sp³-hybridized carbons (Fsp3) is 0.857. The van der Waals surface area contributed by atoms with E-state index in [1.54, 1.807) is 12.4 Å². The summed E-state index contributed by atoms with van der Waals surface area (Å²) in [6.07, 6.45) is 2.25. The summed E-state index contributed by atoms with van der Waals surface area (Å²) in [5.41, 5.74) is 1.55. The minimum absolute atomic E-state index is 0.299. The summed E-state index contributed by atoms with van der Waals surface area (Å²) in [4.78, 5) is 10.4. The van der Waals surface area contributed by atoms with Gasteiger partial charge < -0.3 is 5.11 Å². The first-order chi connectivity index (χ1) is 5.16. The molecule has 4 heteroatoms. The van der Waals surface area contributed by atoms with Crippen molar-refractivity contribution in [2.75, 3.05) is 0 Å². The van der Waals surface area contributed by atoms with Crippen LogP contribution in [-0.4, -0.2) is 22.3 Å². The molecule has 0 fully saturated rings. The van der Waals surface area contributed by atoms with E-state index >= 15 is 0 Å². The van der Waals surface area contributed by atoms with Crippen LogP contribution in [-0.2, 0) is 4.79 Å². The van der Waals surface area contributed by atoms with Crippen LogP contribution in [0.3, 0.4) is 0 Å². The molecule has 0 spiro atoms. The predicted octanol–water partition coefficient (Wildman–Crippen LogP) is 0.433. The van der Waals surface area contributed by atoms with Crippen molar-refractivity contribution >= 4 is 5.91 Å². The number of hydroxylamine groups is 1. The van der Waals surface area contributed by atoms with E-state index in [-0.39, 0.29) is 12.0 Å². The maximum absolute atomic E-state index is 10.4. The Bertz CT molecular complexity index is 114. The fourth-order valence-electron chi connectivity index (χ4n) is 0.781. The number of amides is 1. The lowest BCUT2D eigenvalue weighted by Crippen LogP contribution is -2.17. The van der Waals surface area contributed by atoms with Gasteiger partial charge >= 0.3 is 0 Å². The molecular weight excluding hydrogens is 146 g/mol. The Morgan fingerprint density at radius 1 is 1.55 bits per heavy atom. The van der Waals surface area contributed by atoms with E-state index < -0.39 is 0 Å². The molecule has 66 valence electrons. The van der Waals surface area contributed by atoms with Gasteiger partial charge in [-0.2, -0.15) is 0 Å². The third kappa shape index (κ3) is 7.29. The second kappa shape index (κ2) is 6.12. The van der Waals surface area contributed by atoms with E-state index in [2.05, 4.69) is 0 Å². The summed E-state index contributed by atoms with van der Waals surface area (Å²) < 4.78 is 0. The van der Waals surface area contributed by atoms with Gasteiger partial charge in [0.05, 0.1) is 6.10 Å². The molecule has 3 N–H and O–H groups in total. The van der Waals surface area contributed by atoms with Crippen LogP contribution in [0.4, 0.5) is 0 Å². The minimum atomic E-state index is -0.365. The van der Waals surface area contributed by atoms with Gasteiger partial charge in [0.25, 0.3) is 0 Å². The van der Waals surface area contributed by atoms with Crippen LogP contribution in [0.25, 0.3) is 0 Å². The number of aliphatic hydroxyl groups excluding tert-OH is 1. The average Bonchev–Trinajstić information content (AvgIpc) is 1.97. The SMILES string of the molecule is C[C@H](O)CCCCC(=O)NO. The van der Waals surface area contributed by atoms with E-state index in [0.717, 1.165) is 6.42 Å². The van der Waals surface area contributed by atoms with Crippen molar-refractivity contribution < 1.29 is 15.1 Å². The standard InChI is InChI=1S/C7H15NO3/c1-6(9)4-2-3-5-7(10)8-11/h6,9,11H,2-5H2,1H3,(H,8,10)/t6-/m0/s1. The average molecular weight is 161 g/mol. The Morgan fingerprint density at radius 2 is 2.18 bits per heavy atom. The van der Waals surface area contributed by atoms with Crippen LogP contribution < -0.4 is 5.48 Å². The number of hydrogen-bond donors (Lipinski definition) is 3. The Labute approximate surface area is 66.2 Å². The van der Waals surface area contributed by atoms with E-state index in [0.29, 0.717) is 19.3 Å². The van der Waals surface area contributed by atoms with E-state index in [1.807, 2.05) is 0 Å². The highest BCUT2D eigenvalue weighted by Crippen LogP contribution is 2.02. The zero-order valence-corrected chi connectivity index (χ0v) is 6.71. The smallest absolute Gasteiger partial charge is 0.243 e. The molecule has 0 saturated carbocycles. The Hall–Kier alpha value is -0.610. The highest BCUT2D eigenvalue weighted by Gasteiger charge is 1.99. The largest absolute Gasteiger partial charge is 0.393 e. The first kappa shape index (κ1) is 10.4. The summed E-state index contributed by atoms with van der Waals surface area (Å²) in [5.74, 6) is -0.365. The third-order valence-corrected chi connectivity index (χ3v) is 1.40. The van der Waals surface area contributed by atoms with Gasteiger partial charge in [0, 0.05) is 6.42 Å². The van der Waals surface area contributed by atoms with Crippen molar-refractivity contribution in [1.29, 1.82) is 0 Å². The molecule has 0 heterocycles. The van der Waals surface area contributed by atoms with Crippen LogP contribution in [0.15, 0.2) is 0 Å². The quantitative estimate of drug-likeness (QED) is 0.311.